The standard InChI is InChI=1S/C14H14F16O/c1-3-5-7(15,9(17,18)11(21,22)13(25,26)27)31-8(16,6-4-2)10(19,20)12(23,24)14(28,29)30/h3-6H2,1-2H3. The Morgan fingerprint density at radius 3 is 0.806 bits per heavy atom. The Labute approximate surface area is 163 Å². The molecule has 0 bridgehead atoms. The summed E-state index contributed by atoms with van der Waals surface area (Å²) >= 11 is 0. The number of hydrogen-bond donors (Lipinski definition) is 0. The Hall–Kier alpha value is -1.16. The van der Waals surface area contributed by atoms with Gasteiger partial charge in [-0.1, -0.05) is 26.7 Å². The minimum absolute atomic E-state index is 0.571. The van der Waals surface area contributed by atoms with Gasteiger partial charge in [0.2, 0.25) is 0 Å². The van der Waals surface area contributed by atoms with E-state index in [2.05, 4.69) is 4.74 Å². The number of halogens is 16. The summed E-state index contributed by atoms with van der Waals surface area (Å²) in [4.78, 5) is 0. The molecule has 0 saturated carbocycles. The summed E-state index contributed by atoms with van der Waals surface area (Å²) in [5.41, 5.74) is 0. The molecule has 0 aliphatic carbocycles. The first-order chi connectivity index (χ1) is 13.3. The van der Waals surface area contributed by atoms with Gasteiger partial charge in [0, 0.05) is 12.8 Å². The molecule has 2 atom stereocenters. The second-order valence-electron chi connectivity index (χ2n) is 6.35. The second-order valence-corrected chi connectivity index (χ2v) is 6.35. The molecule has 0 aromatic heterocycles. The van der Waals surface area contributed by atoms with Crippen LogP contribution in [-0.2, 0) is 4.74 Å². The molecule has 0 aliphatic rings. The van der Waals surface area contributed by atoms with Gasteiger partial charge < -0.3 is 0 Å². The molecular weight excluding hydrogens is 488 g/mol. The van der Waals surface area contributed by atoms with Crippen LogP contribution < -0.4 is 0 Å². The highest BCUT2D eigenvalue weighted by atomic mass is 19.4. The summed E-state index contributed by atoms with van der Waals surface area (Å²) in [5.74, 6) is -41.5. The maximum absolute atomic E-state index is 14.6. The molecule has 0 saturated heterocycles. The molecule has 0 spiro atoms. The minimum atomic E-state index is -7.43. The van der Waals surface area contributed by atoms with Gasteiger partial charge in [-0.2, -0.15) is 61.5 Å². The Balaban J connectivity index is 6.82. The maximum Gasteiger partial charge on any atom is 0.460 e. The van der Waals surface area contributed by atoms with Gasteiger partial charge >= 0.3 is 36.0 Å². The average Bonchev–Trinajstić information content (AvgIpc) is 2.52. The smallest absolute Gasteiger partial charge is 0.298 e. The first kappa shape index (κ1) is 29.8. The highest BCUT2D eigenvalue weighted by Gasteiger charge is 2.86. The zero-order valence-electron chi connectivity index (χ0n) is 15.3. The van der Waals surface area contributed by atoms with Crippen LogP contribution in [0.15, 0.2) is 0 Å². The zero-order valence-corrected chi connectivity index (χ0v) is 15.3. The lowest BCUT2D eigenvalue weighted by Crippen LogP contribution is -2.69. The third kappa shape index (κ3) is 4.65. The number of rotatable bonds is 10. The van der Waals surface area contributed by atoms with E-state index in [1.807, 2.05) is 0 Å². The summed E-state index contributed by atoms with van der Waals surface area (Å²) in [6.45, 7) is 1.14. The van der Waals surface area contributed by atoms with E-state index in [1.54, 1.807) is 0 Å². The Morgan fingerprint density at radius 1 is 0.419 bits per heavy atom. The van der Waals surface area contributed by atoms with Crippen LogP contribution >= 0.6 is 0 Å². The molecule has 31 heavy (non-hydrogen) atoms. The molecule has 0 aromatic carbocycles. The van der Waals surface area contributed by atoms with Crippen molar-refractivity contribution in [3.05, 3.63) is 0 Å². The first-order valence-corrected chi connectivity index (χ1v) is 8.05. The van der Waals surface area contributed by atoms with Gasteiger partial charge in [0.1, 0.15) is 0 Å². The van der Waals surface area contributed by atoms with Crippen molar-refractivity contribution in [3.8, 4) is 0 Å². The molecule has 0 amide bonds. The van der Waals surface area contributed by atoms with Gasteiger partial charge in [-0.25, -0.2) is 8.78 Å². The largest absolute Gasteiger partial charge is 0.460 e. The van der Waals surface area contributed by atoms with Gasteiger partial charge in [-0.05, 0) is 0 Å². The van der Waals surface area contributed by atoms with E-state index in [0.717, 1.165) is 0 Å². The summed E-state index contributed by atoms with van der Waals surface area (Å²) in [6.07, 6.45) is -21.9. The van der Waals surface area contributed by atoms with E-state index in [4.69, 9.17) is 0 Å². The normalized spacial score (nSPS) is 19.2. The van der Waals surface area contributed by atoms with E-state index in [1.165, 1.54) is 0 Å². The topological polar surface area (TPSA) is 9.23 Å². The molecule has 0 radical (unpaired) electrons. The predicted octanol–water partition coefficient (Wildman–Crippen LogP) is 7.60. The van der Waals surface area contributed by atoms with E-state index in [9.17, 15) is 70.2 Å². The van der Waals surface area contributed by atoms with Gasteiger partial charge in [-0.15, -0.1) is 0 Å². The number of hydrogen-bond acceptors (Lipinski definition) is 1. The van der Waals surface area contributed by atoms with Crippen LogP contribution in [0.3, 0.4) is 0 Å². The molecule has 1 nitrogen and oxygen atoms in total. The van der Waals surface area contributed by atoms with E-state index >= 15 is 0 Å². The minimum Gasteiger partial charge on any atom is -0.298 e. The summed E-state index contributed by atoms with van der Waals surface area (Å²) < 4.78 is 214. The van der Waals surface area contributed by atoms with Crippen molar-refractivity contribution in [3.63, 3.8) is 0 Å². The third-order valence-electron chi connectivity index (χ3n) is 3.91. The number of ether oxygens (including phenoxy) is 1. The van der Waals surface area contributed by atoms with E-state index in [-0.39, 0.29) is 0 Å². The van der Waals surface area contributed by atoms with Crippen LogP contribution in [0.2, 0.25) is 0 Å². The van der Waals surface area contributed by atoms with Crippen molar-refractivity contribution in [1.82, 2.24) is 0 Å². The fraction of sp³-hybridized carbons (Fsp3) is 1.00. The molecule has 0 aromatic rings. The third-order valence-corrected chi connectivity index (χ3v) is 3.91. The Bertz CT molecular complexity index is 556. The van der Waals surface area contributed by atoms with E-state index < -0.39 is 73.4 Å². The Kier molecular flexibility index (Phi) is 8.01. The molecular formula is C14H14F16O. The predicted molar refractivity (Wildman–Crippen MR) is 70.5 cm³/mol. The van der Waals surface area contributed by atoms with E-state index in [0.29, 0.717) is 13.8 Å². The van der Waals surface area contributed by atoms with Crippen LogP contribution in [0.25, 0.3) is 0 Å². The molecule has 2 unspecified atom stereocenters. The average molecular weight is 502 g/mol. The van der Waals surface area contributed by atoms with Crippen molar-refractivity contribution in [2.75, 3.05) is 0 Å². The monoisotopic (exact) mass is 502 g/mol. The fourth-order valence-electron chi connectivity index (χ4n) is 2.27. The Morgan fingerprint density at radius 2 is 0.645 bits per heavy atom. The van der Waals surface area contributed by atoms with Crippen LogP contribution in [-0.4, -0.2) is 47.8 Å². The number of alkyl halides is 16. The molecule has 0 rings (SSSR count). The van der Waals surface area contributed by atoms with Crippen LogP contribution in [0.5, 0.6) is 0 Å². The van der Waals surface area contributed by atoms with Gasteiger partial charge in [-0.3, -0.25) is 4.74 Å². The fourth-order valence-corrected chi connectivity index (χ4v) is 2.27. The molecule has 0 aliphatic heterocycles. The first-order valence-electron chi connectivity index (χ1n) is 8.05. The van der Waals surface area contributed by atoms with Gasteiger partial charge in [0.15, 0.2) is 0 Å². The molecule has 0 heterocycles. The van der Waals surface area contributed by atoms with Crippen molar-refractivity contribution in [1.29, 1.82) is 0 Å². The summed E-state index contributed by atoms with van der Waals surface area (Å²) in [6, 6.07) is 0. The van der Waals surface area contributed by atoms with Crippen molar-refractivity contribution in [2.24, 2.45) is 0 Å². The SMILES string of the molecule is CCCC(F)(OC(F)(CCC)C(F)(F)C(F)(F)C(F)(F)F)C(F)(F)C(F)(F)C(F)(F)F. The second kappa shape index (κ2) is 8.32. The van der Waals surface area contributed by atoms with Crippen molar-refractivity contribution >= 4 is 0 Å². The lowest BCUT2D eigenvalue weighted by atomic mass is 9.94. The highest BCUT2D eigenvalue weighted by Crippen LogP contribution is 2.59. The maximum atomic E-state index is 14.6. The quantitative estimate of drug-likeness (QED) is 0.280. The van der Waals surface area contributed by atoms with Crippen molar-refractivity contribution < 1.29 is 75.0 Å². The zero-order chi connectivity index (χ0) is 25.5. The molecule has 0 N–H and O–H groups in total. The van der Waals surface area contributed by atoms with Crippen LogP contribution in [0, 0.1) is 0 Å². The van der Waals surface area contributed by atoms with Crippen molar-refractivity contribution in [2.45, 2.75) is 87.3 Å². The summed E-state index contributed by atoms with van der Waals surface area (Å²) in [5, 5.41) is 0. The van der Waals surface area contributed by atoms with Crippen LogP contribution in [0.4, 0.5) is 70.2 Å². The highest BCUT2D eigenvalue weighted by molar-refractivity contribution is 5.06. The van der Waals surface area contributed by atoms with Crippen LogP contribution in [0.1, 0.15) is 39.5 Å². The van der Waals surface area contributed by atoms with Gasteiger partial charge in [0.25, 0.3) is 11.7 Å². The van der Waals surface area contributed by atoms with Gasteiger partial charge in [0.05, 0.1) is 0 Å². The molecule has 188 valence electrons. The summed E-state index contributed by atoms with van der Waals surface area (Å²) in [7, 11) is 0. The lowest BCUT2D eigenvalue weighted by molar-refractivity contribution is -0.475. The lowest BCUT2D eigenvalue weighted by Gasteiger charge is -2.45. The molecule has 17 heteroatoms. The molecule has 0 fully saturated rings.